The number of rotatable bonds is 4. The average Bonchev–Trinajstić information content (AvgIpc) is 2.42. The maximum Gasteiger partial charge on any atom is 0.411 e. The van der Waals surface area contributed by atoms with Gasteiger partial charge < -0.3 is 9.47 Å². The molecule has 2 rings (SSSR count). The summed E-state index contributed by atoms with van der Waals surface area (Å²) in [5, 5.41) is 9.32. The second kappa shape index (κ2) is 5.71. The van der Waals surface area contributed by atoms with Crippen LogP contribution < -0.4 is 4.74 Å². The summed E-state index contributed by atoms with van der Waals surface area (Å²) in [6.45, 7) is -1.22. The fourth-order valence-corrected chi connectivity index (χ4v) is 2.17. The lowest BCUT2D eigenvalue weighted by molar-refractivity contribution is -0.175. The minimum Gasteiger partial charge on any atom is -0.492 e. The second-order valence-corrected chi connectivity index (χ2v) is 4.88. The molecule has 0 fully saturated rings. The molecule has 1 heterocycles. The van der Waals surface area contributed by atoms with Crippen molar-refractivity contribution in [2.75, 3.05) is 19.8 Å². The molecular weight excluding hydrogens is 271 g/mol. The van der Waals surface area contributed by atoms with Gasteiger partial charge in [0.05, 0.1) is 11.5 Å². The molecule has 6 heteroatoms. The van der Waals surface area contributed by atoms with Crippen molar-refractivity contribution in [3.63, 3.8) is 0 Å². The van der Waals surface area contributed by atoms with Crippen molar-refractivity contribution in [3.05, 3.63) is 29.8 Å². The van der Waals surface area contributed by atoms with E-state index < -0.39 is 18.2 Å². The molecule has 0 aromatic heterocycles. The summed E-state index contributed by atoms with van der Waals surface area (Å²) in [5.41, 5.74) is 0.0797. The fraction of sp³-hybridized carbons (Fsp3) is 0.500. The Bertz CT molecular complexity index is 510. The summed E-state index contributed by atoms with van der Waals surface area (Å²) in [5.74, 6) is 0.731. The Morgan fingerprint density at radius 2 is 2.10 bits per heavy atom. The summed E-state index contributed by atoms with van der Waals surface area (Å²) in [4.78, 5) is 0. The molecule has 0 radical (unpaired) electrons. The monoisotopic (exact) mass is 285 g/mol. The summed E-state index contributed by atoms with van der Waals surface area (Å²) >= 11 is 0. The normalized spacial score (nSPS) is 21.7. The topological polar surface area (TPSA) is 42.2 Å². The smallest absolute Gasteiger partial charge is 0.411 e. The van der Waals surface area contributed by atoms with Gasteiger partial charge in [0.1, 0.15) is 19.0 Å². The molecule has 1 aliphatic rings. The van der Waals surface area contributed by atoms with Gasteiger partial charge in [-0.3, -0.25) is 0 Å². The molecule has 0 aliphatic carbocycles. The van der Waals surface area contributed by atoms with E-state index in [2.05, 4.69) is 10.8 Å². The second-order valence-electron chi connectivity index (χ2n) is 4.88. The lowest BCUT2D eigenvalue weighted by Gasteiger charge is -2.32. The van der Waals surface area contributed by atoms with Crippen LogP contribution in [0.3, 0.4) is 0 Å². The summed E-state index contributed by atoms with van der Waals surface area (Å²) in [7, 11) is 0. The van der Waals surface area contributed by atoms with Crippen molar-refractivity contribution >= 4 is 0 Å². The molecule has 108 valence electrons. The van der Waals surface area contributed by atoms with Gasteiger partial charge in [-0.25, -0.2) is 0 Å². The Balaban J connectivity index is 1.94. The van der Waals surface area contributed by atoms with E-state index in [9.17, 15) is 18.4 Å². The van der Waals surface area contributed by atoms with Gasteiger partial charge in [0.15, 0.2) is 0 Å². The van der Waals surface area contributed by atoms with Crippen LogP contribution in [0.25, 0.3) is 0 Å². The van der Waals surface area contributed by atoms with Crippen molar-refractivity contribution in [1.29, 1.82) is 5.26 Å². The van der Waals surface area contributed by atoms with Crippen molar-refractivity contribution in [2.45, 2.75) is 19.0 Å². The number of nitriles is 1. The van der Waals surface area contributed by atoms with Gasteiger partial charge in [-0.1, -0.05) is 18.2 Å². The van der Waals surface area contributed by atoms with Crippen molar-refractivity contribution < 1.29 is 22.6 Å². The van der Waals surface area contributed by atoms with Gasteiger partial charge >= 0.3 is 6.18 Å². The Morgan fingerprint density at radius 3 is 2.80 bits per heavy atom. The van der Waals surface area contributed by atoms with E-state index >= 15 is 0 Å². The molecule has 3 nitrogen and oxygen atoms in total. The maximum absolute atomic E-state index is 12.0. The Morgan fingerprint density at radius 1 is 1.35 bits per heavy atom. The van der Waals surface area contributed by atoms with E-state index in [1.54, 1.807) is 0 Å². The molecule has 1 unspecified atom stereocenters. The number of ether oxygens (including phenoxy) is 2. The number of hydrogen-bond acceptors (Lipinski definition) is 3. The summed E-state index contributed by atoms with van der Waals surface area (Å²) < 4.78 is 46.1. The number of para-hydroxylation sites is 1. The third-order valence-electron chi connectivity index (χ3n) is 3.23. The predicted molar refractivity (Wildman–Crippen MR) is 65.2 cm³/mol. The van der Waals surface area contributed by atoms with E-state index in [4.69, 9.17) is 4.74 Å². The quantitative estimate of drug-likeness (QED) is 0.798. The number of benzene rings is 1. The van der Waals surface area contributed by atoms with Crippen LogP contribution in [0.5, 0.6) is 5.75 Å². The lowest BCUT2D eigenvalue weighted by Crippen LogP contribution is -2.35. The molecule has 0 saturated carbocycles. The van der Waals surface area contributed by atoms with Gasteiger partial charge in [0.25, 0.3) is 0 Å². The highest BCUT2D eigenvalue weighted by Crippen LogP contribution is 2.36. The minimum atomic E-state index is -4.34. The van der Waals surface area contributed by atoms with Crippen LogP contribution in [0.4, 0.5) is 13.2 Å². The number of fused-ring (bicyclic) bond motifs is 1. The molecule has 1 aliphatic heterocycles. The van der Waals surface area contributed by atoms with Crippen molar-refractivity contribution in [3.8, 4) is 11.8 Å². The van der Waals surface area contributed by atoms with Gasteiger partial charge in [0, 0.05) is 6.61 Å². The molecule has 20 heavy (non-hydrogen) atoms. The minimum absolute atomic E-state index is 0.113. The molecule has 1 atom stereocenters. The lowest BCUT2D eigenvalue weighted by atomic mass is 9.79. The molecular formula is C14H14F3NO2. The summed E-state index contributed by atoms with van der Waals surface area (Å²) in [6, 6.07) is 9.53. The van der Waals surface area contributed by atoms with Crippen LogP contribution in [0, 0.1) is 16.7 Å². The van der Waals surface area contributed by atoms with E-state index in [1.807, 2.05) is 24.3 Å². The first-order valence-corrected chi connectivity index (χ1v) is 6.21. The van der Waals surface area contributed by atoms with Crippen molar-refractivity contribution in [2.24, 2.45) is 5.41 Å². The van der Waals surface area contributed by atoms with E-state index in [1.165, 1.54) is 0 Å². The van der Waals surface area contributed by atoms with Gasteiger partial charge in [0.2, 0.25) is 0 Å². The molecule has 0 spiro atoms. The average molecular weight is 285 g/mol. The first-order valence-electron chi connectivity index (χ1n) is 6.21. The zero-order valence-corrected chi connectivity index (χ0v) is 10.7. The number of hydrogen-bond donors (Lipinski definition) is 0. The van der Waals surface area contributed by atoms with Gasteiger partial charge in [-0.15, -0.1) is 0 Å². The first-order chi connectivity index (χ1) is 9.44. The van der Waals surface area contributed by atoms with E-state index in [0.717, 1.165) is 11.3 Å². The number of alkyl halides is 3. The highest BCUT2D eigenvalue weighted by Gasteiger charge is 2.36. The zero-order valence-electron chi connectivity index (χ0n) is 10.7. The first kappa shape index (κ1) is 14.7. The number of halogens is 3. The molecule has 0 saturated heterocycles. The Kier molecular flexibility index (Phi) is 4.19. The van der Waals surface area contributed by atoms with Crippen LogP contribution >= 0.6 is 0 Å². The van der Waals surface area contributed by atoms with Gasteiger partial charge in [-0.05, 0) is 24.5 Å². The van der Waals surface area contributed by atoms with Crippen LogP contribution in [0.15, 0.2) is 24.3 Å². The fourth-order valence-electron chi connectivity index (χ4n) is 2.17. The molecule has 1 aromatic carbocycles. The van der Waals surface area contributed by atoms with Crippen molar-refractivity contribution in [1.82, 2.24) is 0 Å². The molecule has 0 N–H and O–H groups in total. The largest absolute Gasteiger partial charge is 0.492 e. The summed E-state index contributed by atoms with van der Waals surface area (Å²) in [6.07, 6.45) is -3.65. The Hall–Kier alpha value is -1.74. The Labute approximate surface area is 114 Å². The predicted octanol–water partition coefficient (Wildman–Crippen LogP) is 3.10. The highest BCUT2D eigenvalue weighted by atomic mass is 19.4. The van der Waals surface area contributed by atoms with Gasteiger partial charge in [-0.2, -0.15) is 18.4 Å². The van der Waals surface area contributed by atoms with Crippen LogP contribution in [-0.4, -0.2) is 26.0 Å². The van der Waals surface area contributed by atoms with Crippen LogP contribution in [0.1, 0.15) is 12.0 Å². The van der Waals surface area contributed by atoms with Crippen LogP contribution in [0.2, 0.25) is 0 Å². The third-order valence-corrected chi connectivity index (χ3v) is 3.23. The maximum atomic E-state index is 12.0. The molecule has 1 aromatic rings. The molecule has 0 bridgehead atoms. The van der Waals surface area contributed by atoms with E-state index in [0.29, 0.717) is 6.42 Å². The number of nitrogens with zero attached hydrogens (tertiary/aromatic N) is 1. The van der Waals surface area contributed by atoms with E-state index in [-0.39, 0.29) is 19.6 Å². The molecule has 0 amide bonds. The SMILES string of the molecule is N#CC1(CCOCC(F)(F)F)COc2ccccc2C1. The third kappa shape index (κ3) is 3.64. The standard InChI is InChI=1S/C14H14F3NO2/c15-14(16,17)10-19-6-5-13(8-18)7-11-3-1-2-4-12(11)20-9-13/h1-4H,5-7,9-10H2. The zero-order chi connectivity index (χ0) is 14.6. The highest BCUT2D eigenvalue weighted by molar-refractivity contribution is 5.37. The van der Waals surface area contributed by atoms with Crippen LogP contribution in [-0.2, 0) is 11.2 Å².